The fraction of sp³-hybridized carbons (Fsp3) is 0.316. The van der Waals surface area contributed by atoms with Crippen molar-refractivity contribution in [3.05, 3.63) is 45.5 Å². The molecule has 1 N–H and O–H groups in total. The van der Waals surface area contributed by atoms with Crippen molar-refractivity contribution in [1.29, 1.82) is 0 Å². The first kappa shape index (κ1) is 17.9. The Morgan fingerprint density at radius 3 is 2.96 bits per heavy atom. The van der Waals surface area contributed by atoms with Crippen molar-refractivity contribution >= 4 is 60.8 Å². The van der Waals surface area contributed by atoms with E-state index < -0.39 is 0 Å². The Balaban J connectivity index is 1.50. The van der Waals surface area contributed by atoms with Gasteiger partial charge in [-0.3, -0.25) is 4.79 Å². The van der Waals surface area contributed by atoms with E-state index >= 15 is 0 Å². The average Bonchev–Trinajstić information content (AvgIpc) is 3.00. The lowest BCUT2D eigenvalue weighted by Gasteiger charge is -2.18. The number of hydrogen-bond acceptors (Lipinski definition) is 5. The van der Waals surface area contributed by atoms with E-state index in [0.29, 0.717) is 5.75 Å². The number of thioether (sulfide) groups is 1. The van der Waals surface area contributed by atoms with Crippen LogP contribution >= 0.6 is 39.0 Å². The van der Waals surface area contributed by atoms with Crippen LogP contribution in [-0.2, 0) is 17.6 Å². The minimum Gasteiger partial charge on any atom is -0.325 e. The molecule has 0 saturated carbocycles. The molecule has 0 saturated heterocycles. The molecule has 4 rings (SSSR count). The Morgan fingerprint density at radius 1 is 1.35 bits per heavy atom. The maximum absolute atomic E-state index is 12.3. The Bertz CT molecular complexity index is 955. The molecular weight excluding hydrogens is 430 g/mol. The minimum atomic E-state index is -0.0261. The number of benzene rings is 1. The highest BCUT2D eigenvalue weighted by molar-refractivity contribution is 9.10. The van der Waals surface area contributed by atoms with Crippen LogP contribution in [0.2, 0.25) is 0 Å². The molecule has 3 aromatic rings. The van der Waals surface area contributed by atoms with Crippen molar-refractivity contribution in [3.63, 3.8) is 0 Å². The van der Waals surface area contributed by atoms with Gasteiger partial charge in [-0.25, -0.2) is 9.97 Å². The third-order valence-electron chi connectivity index (χ3n) is 4.52. The predicted molar refractivity (Wildman–Crippen MR) is 112 cm³/mol. The van der Waals surface area contributed by atoms with Crippen molar-refractivity contribution < 1.29 is 4.79 Å². The molecule has 1 aliphatic carbocycles. The van der Waals surface area contributed by atoms with Crippen LogP contribution in [0.15, 0.2) is 40.1 Å². The first-order valence-corrected chi connectivity index (χ1v) is 11.1. The van der Waals surface area contributed by atoms with E-state index in [9.17, 15) is 4.79 Å². The molecule has 1 amide bonds. The maximum atomic E-state index is 12.3. The van der Waals surface area contributed by atoms with Gasteiger partial charge in [-0.1, -0.05) is 34.6 Å². The molecule has 1 unspecified atom stereocenters. The maximum Gasteiger partial charge on any atom is 0.234 e. The Hall–Kier alpha value is -1.44. The highest BCUT2D eigenvalue weighted by Crippen LogP contribution is 2.40. The molecule has 1 aromatic carbocycles. The number of hydrogen-bond donors (Lipinski definition) is 1. The zero-order chi connectivity index (χ0) is 18.1. The molecule has 0 aliphatic heterocycles. The lowest BCUT2D eigenvalue weighted by atomic mass is 9.89. The van der Waals surface area contributed by atoms with Crippen LogP contribution in [0, 0.1) is 5.92 Å². The summed E-state index contributed by atoms with van der Waals surface area (Å²) in [4.78, 5) is 23.7. The second-order valence-electron chi connectivity index (χ2n) is 6.55. The van der Waals surface area contributed by atoms with Gasteiger partial charge in [-0.15, -0.1) is 11.3 Å². The molecule has 26 heavy (non-hydrogen) atoms. The number of aromatic nitrogens is 2. The smallest absolute Gasteiger partial charge is 0.234 e. The van der Waals surface area contributed by atoms with E-state index in [0.717, 1.165) is 38.8 Å². The second-order valence-corrected chi connectivity index (χ2v) is 9.52. The minimum absolute atomic E-state index is 0.0261. The van der Waals surface area contributed by atoms with Gasteiger partial charge < -0.3 is 5.32 Å². The van der Waals surface area contributed by atoms with Gasteiger partial charge in [0.15, 0.2) is 0 Å². The topological polar surface area (TPSA) is 54.9 Å². The number of carbonyl (C=O) groups is 1. The molecule has 4 nitrogen and oxygen atoms in total. The number of rotatable bonds is 4. The number of fused-ring (bicyclic) bond motifs is 3. The van der Waals surface area contributed by atoms with E-state index in [-0.39, 0.29) is 5.91 Å². The summed E-state index contributed by atoms with van der Waals surface area (Å²) < 4.78 is 0.991. The molecular formula is C19H18BrN3OS2. The largest absolute Gasteiger partial charge is 0.325 e. The van der Waals surface area contributed by atoms with Crippen LogP contribution in [0.5, 0.6) is 0 Å². The van der Waals surface area contributed by atoms with E-state index in [2.05, 4.69) is 38.1 Å². The molecule has 0 radical (unpaired) electrons. The summed E-state index contributed by atoms with van der Waals surface area (Å²) >= 11 is 6.68. The van der Waals surface area contributed by atoms with Gasteiger partial charge >= 0.3 is 0 Å². The molecule has 2 aromatic heterocycles. The van der Waals surface area contributed by atoms with Crippen LogP contribution in [-0.4, -0.2) is 21.6 Å². The molecule has 0 fully saturated rings. The van der Waals surface area contributed by atoms with Crippen molar-refractivity contribution in [1.82, 2.24) is 9.97 Å². The van der Waals surface area contributed by atoms with Crippen LogP contribution in [0.1, 0.15) is 23.8 Å². The third-order valence-corrected chi connectivity index (χ3v) is 7.21. The highest BCUT2D eigenvalue weighted by Gasteiger charge is 2.23. The number of amides is 1. The number of anilines is 1. The molecule has 2 heterocycles. The quantitative estimate of drug-likeness (QED) is 0.434. The fourth-order valence-corrected chi connectivity index (χ4v) is 5.72. The van der Waals surface area contributed by atoms with E-state index in [4.69, 9.17) is 0 Å². The summed E-state index contributed by atoms with van der Waals surface area (Å²) in [7, 11) is 0. The van der Waals surface area contributed by atoms with Gasteiger partial charge in [-0.05, 0) is 55.0 Å². The fourth-order valence-electron chi connectivity index (χ4n) is 3.22. The monoisotopic (exact) mass is 447 g/mol. The first-order valence-electron chi connectivity index (χ1n) is 8.53. The molecule has 1 aliphatic rings. The zero-order valence-corrected chi connectivity index (χ0v) is 17.5. The number of carbonyl (C=O) groups excluding carboxylic acids is 1. The number of nitrogens with zero attached hydrogens (tertiary/aromatic N) is 2. The number of thiophene rings is 1. The van der Waals surface area contributed by atoms with Crippen molar-refractivity contribution in [2.45, 2.75) is 31.2 Å². The van der Waals surface area contributed by atoms with Gasteiger partial charge in [0.2, 0.25) is 5.91 Å². The van der Waals surface area contributed by atoms with Gasteiger partial charge in [0, 0.05) is 20.4 Å². The number of nitrogens with one attached hydrogen (secondary N) is 1. The van der Waals surface area contributed by atoms with E-state index in [1.165, 1.54) is 34.0 Å². The predicted octanol–water partition coefficient (Wildman–Crippen LogP) is 5.31. The number of aryl methyl sites for hydroxylation is 1. The summed E-state index contributed by atoms with van der Waals surface area (Å²) in [5, 5.41) is 5.02. The zero-order valence-electron chi connectivity index (χ0n) is 14.3. The second kappa shape index (κ2) is 7.66. The molecule has 7 heteroatoms. The normalized spacial score (nSPS) is 16.5. The SMILES string of the molecule is CC1CCc2c(sc3ncnc(SCC(=O)Nc4ccc(Br)cc4)c23)C1. The summed E-state index contributed by atoms with van der Waals surface area (Å²) in [6, 6.07) is 7.59. The van der Waals surface area contributed by atoms with Crippen LogP contribution in [0.25, 0.3) is 10.2 Å². The Labute approximate surface area is 169 Å². The average molecular weight is 448 g/mol. The summed E-state index contributed by atoms with van der Waals surface area (Å²) in [6.07, 6.45) is 5.04. The molecule has 0 bridgehead atoms. The molecule has 0 spiro atoms. The van der Waals surface area contributed by atoms with Crippen molar-refractivity contribution in [3.8, 4) is 0 Å². The molecule has 134 valence electrons. The van der Waals surface area contributed by atoms with Gasteiger partial charge in [0.1, 0.15) is 16.2 Å². The van der Waals surface area contributed by atoms with Crippen molar-refractivity contribution in [2.24, 2.45) is 5.92 Å². The van der Waals surface area contributed by atoms with Crippen LogP contribution in [0.4, 0.5) is 5.69 Å². The lowest BCUT2D eigenvalue weighted by Crippen LogP contribution is -2.14. The van der Waals surface area contributed by atoms with Gasteiger partial charge in [0.05, 0.1) is 5.75 Å². The van der Waals surface area contributed by atoms with Crippen LogP contribution < -0.4 is 5.32 Å². The number of halogens is 1. The standard InChI is InChI=1S/C19H18BrN3OS2/c1-11-2-7-14-15(8-11)26-19-17(14)18(21-10-22-19)25-9-16(24)23-13-5-3-12(20)4-6-13/h3-6,10-11H,2,7-9H2,1H3,(H,23,24). The highest BCUT2D eigenvalue weighted by atomic mass is 79.9. The Kier molecular flexibility index (Phi) is 5.29. The van der Waals surface area contributed by atoms with Crippen molar-refractivity contribution in [2.75, 3.05) is 11.1 Å². The molecule has 1 atom stereocenters. The lowest BCUT2D eigenvalue weighted by molar-refractivity contribution is -0.113. The Morgan fingerprint density at radius 2 is 2.15 bits per heavy atom. The van der Waals surface area contributed by atoms with Gasteiger partial charge in [0.25, 0.3) is 0 Å². The first-order chi connectivity index (χ1) is 12.6. The summed E-state index contributed by atoms with van der Waals surface area (Å²) in [5.41, 5.74) is 2.20. The van der Waals surface area contributed by atoms with E-state index in [1.807, 2.05) is 24.3 Å². The van der Waals surface area contributed by atoms with Crippen LogP contribution in [0.3, 0.4) is 0 Å². The summed E-state index contributed by atoms with van der Waals surface area (Å²) in [5.74, 6) is 1.04. The third kappa shape index (κ3) is 3.80. The van der Waals surface area contributed by atoms with E-state index in [1.54, 1.807) is 17.7 Å². The van der Waals surface area contributed by atoms with Gasteiger partial charge in [-0.2, -0.15) is 0 Å². The summed E-state index contributed by atoms with van der Waals surface area (Å²) in [6.45, 7) is 2.31.